The van der Waals surface area contributed by atoms with Crippen molar-refractivity contribution in [3.8, 4) is 5.75 Å². The fourth-order valence-electron chi connectivity index (χ4n) is 1.76. The Hall–Kier alpha value is -1.48. The number of alkyl halides is 1. The Morgan fingerprint density at radius 2 is 2.17 bits per heavy atom. The van der Waals surface area contributed by atoms with Crippen molar-refractivity contribution in [3.63, 3.8) is 0 Å². The molecule has 0 saturated carbocycles. The van der Waals surface area contributed by atoms with Gasteiger partial charge in [0.25, 0.3) is 0 Å². The number of fused-ring (bicyclic) bond motifs is 1. The third-order valence-corrected chi connectivity index (χ3v) is 3.84. The maximum Gasteiger partial charge on any atom is 0.134 e. The molecule has 4 heteroatoms. The van der Waals surface area contributed by atoms with E-state index in [2.05, 4.69) is 24.1 Å². The number of hydrogen-bond acceptors (Lipinski definition) is 3. The molecule has 2 rings (SSSR count). The van der Waals surface area contributed by atoms with Gasteiger partial charge < -0.3 is 10.4 Å². The summed E-state index contributed by atoms with van der Waals surface area (Å²) < 4.78 is 0. The van der Waals surface area contributed by atoms with E-state index in [0.717, 1.165) is 23.0 Å². The Balaban J connectivity index is 2.47. The molecule has 1 aromatic heterocycles. The van der Waals surface area contributed by atoms with E-state index in [1.807, 2.05) is 12.1 Å². The molecule has 0 bridgehead atoms. The zero-order chi connectivity index (χ0) is 13.2. The van der Waals surface area contributed by atoms with E-state index in [1.165, 1.54) is 0 Å². The van der Waals surface area contributed by atoms with Crippen LogP contribution in [-0.2, 0) is 0 Å². The molecule has 2 aromatic rings. The van der Waals surface area contributed by atoms with Crippen molar-refractivity contribution in [1.29, 1.82) is 0 Å². The summed E-state index contributed by atoms with van der Waals surface area (Å²) >= 11 is 6.00. The highest BCUT2D eigenvalue weighted by Crippen LogP contribution is 2.28. The van der Waals surface area contributed by atoms with Crippen LogP contribution in [0, 0.1) is 0 Å². The quantitative estimate of drug-likeness (QED) is 0.827. The monoisotopic (exact) mass is 264 g/mol. The second-order valence-corrected chi connectivity index (χ2v) is 5.01. The number of anilines is 1. The average Bonchev–Trinajstić information content (AvgIpc) is 2.39. The van der Waals surface area contributed by atoms with E-state index < -0.39 is 0 Å². The van der Waals surface area contributed by atoms with Crippen LogP contribution in [-0.4, -0.2) is 21.5 Å². The number of nitrogens with zero attached hydrogens (tertiary/aromatic N) is 1. The van der Waals surface area contributed by atoms with E-state index in [0.29, 0.717) is 5.88 Å². The first kappa shape index (κ1) is 13.0. The highest BCUT2D eigenvalue weighted by Gasteiger charge is 2.21. The summed E-state index contributed by atoms with van der Waals surface area (Å²) in [6.45, 7) is 4.14. The summed E-state index contributed by atoms with van der Waals surface area (Å²) in [6.07, 6.45) is 2.65. The summed E-state index contributed by atoms with van der Waals surface area (Å²) in [5.74, 6) is 1.50. The van der Waals surface area contributed by atoms with E-state index in [1.54, 1.807) is 18.3 Å². The third-order valence-electron chi connectivity index (χ3n) is 3.25. The summed E-state index contributed by atoms with van der Waals surface area (Å²) in [6, 6.07) is 7.19. The molecule has 0 aliphatic carbocycles. The molecule has 1 unspecified atom stereocenters. The fourth-order valence-corrected chi connectivity index (χ4v) is 2.01. The van der Waals surface area contributed by atoms with Crippen LogP contribution in [0.4, 0.5) is 5.82 Å². The summed E-state index contributed by atoms with van der Waals surface area (Å²) in [5.41, 5.74) is -0.200. The predicted octanol–water partition coefficient (Wildman–Crippen LogP) is 3.76. The van der Waals surface area contributed by atoms with Gasteiger partial charge in [0, 0.05) is 23.0 Å². The SMILES string of the molecule is CCC(C)(CCl)Nc1nccc2ccc(O)cc12. The Kier molecular flexibility index (Phi) is 3.62. The first-order valence-electron chi connectivity index (χ1n) is 6.00. The lowest BCUT2D eigenvalue weighted by molar-refractivity contribution is 0.476. The topological polar surface area (TPSA) is 45.2 Å². The summed E-state index contributed by atoms with van der Waals surface area (Å²) in [4.78, 5) is 4.35. The molecule has 0 spiro atoms. The van der Waals surface area contributed by atoms with Crippen molar-refractivity contribution in [1.82, 2.24) is 4.98 Å². The minimum Gasteiger partial charge on any atom is -0.508 e. The molecule has 3 nitrogen and oxygen atoms in total. The molecular formula is C14H17ClN2O. The highest BCUT2D eigenvalue weighted by atomic mass is 35.5. The fraction of sp³-hybridized carbons (Fsp3) is 0.357. The molecule has 0 aliphatic heterocycles. The van der Waals surface area contributed by atoms with Gasteiger partial charge in [-0.05, 0) is 36.9 Å². The molecule has 0 radical (unpaired) electrons. The lowest BCUT2D eigenvalue weighted by Crippen LogP contribution is -2.36. The minimum atomic E-state index is -0.200. The molecule has 0 amide bonds. The van der Waals surface area contributed by atoms with Crippen molar-refractivity contribution >= 4 is 28.2 Å². The number of phenols is 1. The zero-order valence-corrected chi connectivity index (χ0v) is 11.3. The average molecular weight is 265 g/mol. The van der Waals surface area contributed by atoms with E-state index in [-0.39, 0.29) is 11.3 Å². The van der Waals surface area contributed by atoms with Crippen molar-refractivity contribution in [3.05, 3.63) is 30.5 Å². The maximum atomic E-state index is 9.59. The number of rotatable bonds is 4. The van der Waals surface area contributed by atoms with E-state index >= 15 is 0 Å². The molecule has 0 saturated heterocycles. The Labute approximate surface area is 112 Å². The van der Waals surface area contributed by atoms with Gasteiger partial charge in [0.15, 0.2) is 0 Å². The number of aromatic nitrogens is 1. The van der Waals surface area contributed by atoms with Crippen molar-refractivity contribution in [2.24, 2.45) is 0 Å². The van der Waals surface area contributed by atoms with Gasteiger partial charge in [-0.3, -0.25) is 0 Å². The molecule has 2 N–H and O–H groups in total. The number of halogens is 1. The van der Waals surface area contributed by atoms with Crippen molar-refractivity contribution in [2.75, 3.05) is 11.2 Å². The normalized spacial score (nSPS) is 14.4. The number of pyridine rings is 1. The standard InChI is InChI=1S/C14H17ClN2O/c1-3-14(2,9-15)17-13-12-8-11(18)5-4-10(12)6-7-16-13/h4-8,18H,3,9H2,1-2H3,(H,16,17). The Morgan fingerprint density at radius 3 is 2.83 bits per heavy atom. The van der Waals surface area contributed by atoms with Crippen LogP contribution < -0.4 is 5.32 Å². The highest BCUT2D eigenvalue weighted by molar-refractivity contribution is 6.18. The van der Waals surface area contributed by atoms with Gasteiger partial charge >= 0.3 is 0 Å². The van der Waals surface area contributed by atoms with Gasteiger partial charge in [0.05, 0.1) is 0 Å². The first-order chi connectivity index (χ1) is 8.58. The van der Waals surface area contributed by atoms with Crippen molar-refractivity contribution < 1.29 is 5.11 Å². The van der Waals surface area contributed by atoms with Crippen LogP contribution >= 0.6 is 11.6 Å². The predicted molar refractivity (Wildman–Crippen MR) is 76.4 cm³/mol. The van der Waals surface area contributed by atoms with Gasteiger partial charge in [0.2, 0.25) is 0 Å². The number of hydrogen-bond donors (Lipinski definition) is 2. The van der Waals surface area contributed by atoms with Gasteiger partial charge in [-0.15, -0.1) is 11.6 Å². The molecule has 1 heterocycles. The number of phenolic OH excluding ortho intramolecular Hbond substituents is 1. The molecule has 1 atom stereocenters. The first-order valence-corrected chi connectivity index (χ1v) is 6.53. The van der Waals surface area contributed by atoms with Crippen LogP contribution in [0.25, 0.3) is 10.8 Å². The number of benzene rings is 1. The molecule has 0 fully saturated rings. The number of aromatic hydroxyl groups is 1. The third kappa shape index (κ3) is 2.51. The van der Waals surface area contributed by atoms with Crippen molar-refractivity contribution in [2.45, 2.75) is 25.8 Å². The molecule has 1 aromatic carbocycles. The van der Waals surface area contributed by atoms with Gasteiger partial charge in [-0.2, -0.15) is 0 Å². The largest absolute Gasteiger partial charge is 0.508 e. The molecular weight excluding hydrogens is 248 g/mol. The Morgan fingerprint density at radius 1 is 1.39 bits per heavy atom. The van der Waals surface area contributed by atoms with Crippen LogP contribution in [0.15, 0.2) is 30.5 Å². The van der Waals surface area contributed by atoms with Crippen LogP contribution in [0.5, 0.6) is 5.75 Å². The number of nitrogens with one attached hydrogen (secondary N) is 1. The van der Waals surface area contributed by atoms with E-state index in [9.17, 15) is 5.11 Å². The lowest BCUT2D eigenvalue weighted by Gasteiger charge is -2.28. The smallest absolute Gasteiger partial charge is 0.134 e. The Bertz CT molecular complexity index is 552. The minimum absolute atomic E-state index is 0.200. The zero-order valence-electron chi connectivity index (χ0n) is 10.6. The molecule has 18 heavy (non-hydrogen) atoms. The second kappa shape index (κ2) is 5.02. The van der Waals surface area contributed by atoms with Gasteiger partial charge in [-0.1, -0.05) is 13.0 Å². The van der Waals surface area contributed by atoms with Crippen LogP contribution in [0.3, 0.4) is 0 Å². The van der Waals surface area contributed by atoms with E-state index in [4.69, 9.17) is 11.6 Å². The molecule has 0 aliphatic rings. The summed E-state index contributed by atoms with van der Waals surface area (Å²) in [5, 5.41) is 14.9. The summed E-state index contributed by atoms with van der Waals surface area (Å²) in [7, 11) is 0. The van der Waals surface area contributed by atoms with Gasteiger partial charge in [0.1, 0.15) is 11.6 Å². The van der Waals surface area contributed by atoms with Crippen LogP contribution in [0.2, 0.25) is 0 Å². The second-order valence-electron chi connectivity index (χ2n) is 4.74. The molecule has 96 valence electrons. The van der Waals surface area contributed by atoms with Crippen LogP contribution in [0.1, 0.15) is 20.3 Å². The lowest BCUT2D eigenvalue weighted by atomic mass is 10.0. The maximum absolute atomic E-state index is 9.59. The van der Waals surface area contributed by atoms with Gasteiger partial charge in [-0.25, -0.2) is 4.98 Å².